The second-order valence-corrected chi connectivity index (χ2v) is 7.39. The van der Waals surface area contributed by atoms with Gasteiger partial charge < -0.3 is 9.47 Å². The van der Waals surface area contributed by atoms with Crippen molar-refractivity contribution < 1.29 is 19.1 Å². The van der Waals surface area contributed by atoms with Gasteiger partial charge in [0.15, 0.2) is 6.61 Å². The van der Waals surface area contributed by atoms with Gasteiger partial charge in [-0.25, -0.2) is 10.2 Å². The van der Waals surface area contributed by atoms with Gasteiger partial charge in [0.2, 0.25) is 0 Å². The number of hydrogen-bond acceptors (Lipinski definition) is 5. The Morgan fingerprint density at radius 3 is 2.48 bits per heavy atom. The Balaban J connectivity index is 1.27. The maximum absolute atomic E-state index is 12.2. The van der Waals surface area contributed by atoms with Crippen LogP contribution in [0.3, 0.4) is 0 Å². The van der Waals surface area contributed by atoms with E-state index in [1.165, 1.54) is 6.21 Å². The van der Waals surface area contributed by atoms with Crippen molar-refractivity contribution in [3.05, 3.63) is 108 Å². The first kappa shape index (κ1) is 21.8. The lowest BCUT2D eigenvalue weighted by Crippen LogP contribution is -2.24. The highest BCUT2D eigenvalue weighted by molar-refractivity contribution is 5.91. The van der Waals surface area contributed by atoms with Crippen molar-refractivity contribution in [2.75, 3.05) is 6.61 Å². The first-order valence-electron chi connectivity index (χ1n) is 10.4. The summed E-state index contributed by atoms with van der Waals surface area (Å²) in [6.07, 6.45) is 1.50. The third kappa shape index (κ3) is 5.83. The molecule has 4 rings (SSSR count). The number of esters is 1. The van der Waals surface area contributed by atoms with E-state index in [9.17, 15) is 9.59 Å². The first-order chi connectivity index (χ1) is 16.1. The topological polar surface area (TPSA) is 77.0 Å². The number of amides is 1. The lowest BCUT2D eigenvalue weighted by molar-refractivity contribution is -0.123. The predicted molar refractivity (Wildman–Crippen MR) is 128 cm³/mol. The Bertz CT molecular complexity index is 1310. The average Bonchev–Trinajstić information content (AvgIpc) is 2.84. The minimum atomic E-state index is -0.418. The summed E-state index contributed by atoms with van der Waals surface area (Å²) < 4.78 is 11.0. The molecule has 0 heterocycles. The number of rotatable bonds is 7. The molecule has 0 radical (unpaired) electrons. The number of hydrogen-bond donors (Lipinski definition) is 1. The maximum Gasteiger partial charge on any atom is 0.343 e. The van der Waals surface area contributed by atoms with Gasteiger partial charge >= 0.3 is 5.97 Å². The molecule has 0 saturated heterocycles. The van der Waals surface area contributed by atoms with Crippen LogP contribution in [0.1, 0.15) is 21.5 Å². The van der Waals surface area contributed by atoms with Crippen LogP contribution in [-0.2, 0) is 4.79 Å². The Morgan fingerprint density at radius 2 is 1.67 bits per heavy atom. The van der Waals surface area contributed by atoms with Crippen LogP contribution in [0.25, 0.3) is 10.8 Å². The number of fused-ring (bicyclic) bond motifs is 1. The monoisotopic (exact) mass is 438 g/mol. The van der Waals surface area contributed by atoms with Crippen LogP contribution in [0, 0.1) is 6.92 Å². The van der Waals surface area contributed by atoms with Crippen molar-refractivity contribution in [1.29, 1.82) is 0 Å². The van der Waals surface area contributed by atoms with Crippen LogP contribution in [0.4, 0.5) is 0 Å². The highest BCUT2D eigenvalue weighted by atomic mass is 16.5. The van der Waals surface area contributed by atoms with Gasteiger partial charge in [0, 0.05) is 5.39 Å². The van der Waals surface area contributed by atoms with E-state index in [2.05, 4.69) is 10.5 Å². The second-order valence-electron chi connectivity index (χ2n) is 7.39. The normalized spacial score (nSPS) is 10.8. The number of benzene rings is 4. The summed E-state index contributed by atoms with van der Waals surface area (Å²) in [5.41, 5.74) is 4.66. The zero-order valence-electron chi connectivity index (χ0n) is 18.0. The Labute approximate surface area is 191 Å². The maximum atomic E-state index is 12.2. The predicted octanol–water partition coefficient (Wildman–Crippen LogP) is 4.90. The number of nitrogens with one attached hydrogen (secondary N) is 1. The van der Waals surface area contributed by atoms with Crippen LogP contribution < -0.4 is 14.9 Å². The summed E-state index contributed by atoms with van der Waals surface area (Å²) in [4.78, 5) is 24.3. The van der Waals surface area contributed by atoms with Gasteiger partial charge in [-0.1, -0.05) is 54.1 Å². The van der Waals surface area contributed by atoms with Gasteiger partial charge in [0.1, 0.15) is 11.5 Å². The molecule has 1 amide bonds. The molecule has 0 aliphatic carbocycles. The van der Waals surface area contributed by atoms with Gasteiger partial charge in [-0.05, 0) is 60.3 Å². The zero-order valence-corrected chi connectivity index (χ0v) is 18.0. The lowest BCUT2D eigenvalue weighted by atomic mass is 10.1. The molecule has 0 aliphatic rings. The van der Waals surface area contributed by atoms with E-state index >= 15 is 0 Å². The highest BCUT2D eigenvalue weighted by Gasteiger charge is 2.08. The fourth-order valence-corrected chi connectivity index (χ4v) is 3.24. The van der Waals surface area contributed by atoms with E-state index < -0.39 is 5.97 Å². The summed E-state index contributed by atoms with van der Waals surface area (Å²) in [5, 5.41) is 5.94. The molecule has 6 nitrogen and oxygen atoms in total. The fourth-order valence-electron chi connectivity index (χ4n) is 3.24. The average molecular weight is 438 g/mol. The second kappa shape index (κ2) is 10.2. The summed E-state index contributed by atoms with van der Waals surface area (Å²) in [6.45, 7) is 1.76. The first-order valence-corrected chi connectivity index (χ1v) is 10.4. The molecule has 0 unspecified atom stereocenters. The molecule has 1 N–H and O–H groups in total. The summed E-state index contributed by atoms with van der Waals surface area (Å²) in [6, 6.07) is 27.5. The molecular formula is C27H22N2O4. The van der Waals surface area contributed by atoms with Gasteiger partial charge in [0.25, 0.3) is 5.91 Å². The molecule has 0 spiro atoms. The zero-order chi connectivity index (χ0) is 23.0. The highest BCUT2D eigenvalue weighted by Crippen LogP contribution is 2.24. The molecule has 4 aromatic carbocycles. The molecule has 0 saturated carbocycles. The van der Waals surface area contributed by atoms with Crippen LogP contribution >= 0.6 is 0 Å². The SMILES string of the molecule is Cc1cccc(C(=O)Oc2ccc(/C=N\NC(=O)COc3cccc4ccccc34)cc2)c1. The molecule has 0 fully saturated rings. The molecule has 0 atom stereocenters. The summed E-state index contributed by atoms with van der Waals surface area (Å²) >= 11 is 0. The molecule has 0 aromatic heterocycles. The van der Waals surface area contributed by atoms with E-state index in [1.54, 1.807) is 36.4 Å². The standard InChI is InChI=1S/C27H22N2O4/c1-19-6-4-9-22(16-19)27(31)33-23-14-12-20(13-15-23)17-28-29-26(30)18-32-25-11-5-8-21-7-2-3-10-24(21)25/h2-17H,18H2,1H3,(H,29,30)/b28-17-. The third-order valence-electron chi connectivity index (χ3n) is 4.86. The minimum absolute atomic E-state index is 0.154. The number of carbonyl (C=O) groups is 2. The lowest BCUT2D eigenvalue weighted by Gasteiger charge is -2.08. The molecule has 0 aliphatic heterocycles. The Kier molecular flexibility index (Phi) is 6.75. The minimum Gasteiger partial charge on any atom is -0.483 e. The molecule has 4 aromatic rings. The van der Waals surface area contributed by atoms with E-state index in [0.29, 0.717) is 17.1 Å². The molecule has 164 valence electrons. The smallest absolute Gasteiger partial charge is 0.343 e. The van der Waals surface area contributed by atoms with E-state index in [-0.39, 0.29) is 12.5 Å². The fraction of sp³-hybridized carbons (Fsp3) is 0.0741. The van der Waals surface area contributed by atoms with Crippen LogP contribution in [0.5, 0.6) is 11.5 Å². The van der Waals surface area contributed by atoms with Gasteiger partial charge in [-0.2, -0.15) is 5.10 Å². The molecular weight excluding hydrogens is 416 g/mol. The van der Waals surface area contributed by atoms with E-state index in [4.69, 9.17) is 9.47 Å². The van der Waals surface area contributed by atoms with Crippen LogP contribution in [0.2, 0.25) is 0 Å². The summed E-state index contributed by atoms with van der Waals surface area (Å²) in [5.74, 6) is 0.274. The van der Waals surface area contributed by atoms with Crippen molar-refractivity contribution in [2.24, 2.45) is 5.10 Å². The summed E-state index contributed by atoms with van der Waals surface area (Å²) in [7, 11) is 0. The molecule has 6 heteroatoms. The number of ether oxygens (including phenoxy) is 2. The van der Waals surface area contributed by atoms with Gasteiger partial charge in [0.05, 0.1) is 11.8 Å². The Morgan fingerprint density at radius 1 is 0.909 bits per heavy atom. The third-order valence-corrected chi connectivity index (χ3v) is 4.86. The van der Waals surface area contributed by atoms with E-state index in [0.717, 1.165) is 21.9 Å². The van der Waals surface area contributed by atoms with Crippen molar-refractivity contribution in [3.8, 4) is 11.5 Å². The van der Waals surface area contributed by atoms with Crippen LogP contribution in [-0.4, -0.2) is 24.7 Å². The molecule has 0 bridgehead atoms. The van der Waals surface area contributed by atoms with E-state index in [1.807, 2.05) is 61.5 Å². The van der Waals surface area contributed by atoms with Crippen molar-refractivity contribution >= 4 is 28.9 Å². The van der Waals surface area contributed by atoms with Crippen molar-refractivity contribution in [2.45, 2.75) is 6.92 Å². The number of aryl methyl sites for hydroxylation is 1. The molecule has 33 heavy (non-hydrogen) atoms. The van der Waals surface area contributed by atoms with Crippen molar-refractivity contribution in [1.82, 2.24) is 5.43 Å². The van der Waals surface area contributed by atoms with Crippen molar-refractivity contribution in [3.63, 3.8) is 0 Å². The van der Waals surface area contributed by atoms with Gasteiger partial charge in [-0.15, -0.1) is 0 Å². The number of hydrazone groups is 1. The largest absolute Gasteiger partial charge is 0.483 e. The number of nitrogens with zero attached hydrogens (tertiary/aromatic N) is 1. The Hall–Kier alpha value is -4.45. The quantitative estimate of drug-likeness (QED) is 0.193. The number of carbonyl (C=O) groups excluding carboxylic acids is 2. The van der Waals surface area contributed by atoms with Crippen LogP contribution in [0.15, 0.2) is 96.1 Å². The van der Waals surface area contributed by atoms with Gasteiger partial charge in [-0.3, -0.25) is 4.79 Å².